The van der Waals surface area contributed by atoms with Gasteiger partial charge in [-0.25, -0.2) is 13.4 Å². The fourth-order valence-electron chi connectivity index (χ4n) is 3.29. The standard InChI is InChI=1S/C18H18ClN3O3S/c19-15-8-5-9-16-17(15)20-18(22(16)23)13-6-4-7-14(12-13)26(24,25)21-10-2-1-3-11-21/h4-9,12,23H,1-3,10-11H2. The van der Waals surface area contributed by atoms with E-state index in [9.17, 15) is 13.6 Å². The fourth-order valence-corrected chi connectivity index (χ4v) is 5.07. The third kappa shape index (κ3) is 2.86. The summed E-state index contributed by atoms with van der Waals surface area (Å²) >= 11 is 6.15. The van der Waals surface area contributed by atoms with Gasteiger partial charge in [0.2, 0.25) is 10.0 Å². The van der Waals surface area contributed by atoms with Crippen LogP contribution in [-0.2, 0) is 10.0 Å². The van der Waals surface area contributed by atoms with Crippen LogP contribution in [0.25, 0.3) is 22.4 Å². The minimum Gasteiger partial charge on any atom is -0.426 e. The molecule has 1 aromatic heterocycles. The summed E-state index contributed by atoms with van der Waals surface area (Å²) < 4.78 is 28.3. The lowest BCUT2D eigenvalue weighted by molar-refractivity contribution is 0.203. The molecule has 0 unspecified atom stereocenters. The number of aromatic nitrogens is 2. The van der Waals surface area contributed by atoms with Gasteiger partial charge in [-0.15, -0.1) is 0 Å². The second-order valence-electron chi connectivity index (χ2n) is 6.35. The number of hydrogen-bond donors (Lipinski definition) is 1. The highest BCUT2D eigenvalue weighted by Crippen LogP contribution is 2.30. The highest BCUT2D eigenvalue weighted by atomic mass is 35.5. The van der Waals surface area contributed by atoms with Crippen LogP contribution in [0.1, 0.15) is 19.3 Å². The molecular weight excluding hydrogens is 374 g/mol. The van der Waals surface area contributed by atoms with Crippen LogP contribution in [0, 0.1) is 0 Å². The van der Waals surface area contributed by atoms with Crippen molar-refractivity contribution in [3.63, 3.8) is 0 Å². The molecule has 136 valence electrons. The first kappa shape index (κ1) is 17.3. The van der Waals surface area contributed by atoms with Gasteiger partial charge in [0.25, 0.3) is 0 Å². The maximum Gasteiger partial charge on any atom is 0.243 e. The Labute approximate surface area is 156 Å². The first-order valence-electron chi connectivity index (χ1n) is 8.45. The molecule has 8 heteroatoms. The summed E-state index contributed by atoms with van der Waals surface area (Å²) in [5.74, 6) is 0.254. The van der Waals surface area contributed by atoms with Crippen molar-refractivity contribution in [3.05, 3.63) is 47.5 Å². The van der Waals surface area contributed by atoms with Crippen molar-refractivity contribution < 1.29 is 13.6 Å². The zero-order valence-electron chi connectivity index (χ0n) is 14.0. The van der Waals surface area contributed by atoms with Gasteiger partial charge in [0.1, 0.15) is 11.0 Å². The van der Waals surface area contributed by atoms with Crippen molar-refractivity contribution in [2.24, 2.45) is 0 Å². The zero-order chi connectivity index (χ0) is 18.3. The van der Waals surface area contributed by atoms with Gasteiger partial charge in [-0.2, -0.15) is 9.04 Å². The lowest BCUT2D eigenvalue weighted by Gasteiger charge is -2.26. The van der Waals surface area contributed by atoms with E-state index in [1.165, 1.54) is 4.31 Å². The van der Waals surface area contributed by atoms with Gasteiger partial charge in [0, 0.05) is 18.7 Å². The Balaban J connectivity index is 1.79. The normalized spacial score (nSPS) is 16.2. The Morgan fingerprint density at radius 1 is 1.04 bits per heavy atom. The van der Waals surface area contributed by atoms with Gasteiger partial charge >= 0.3 is 0 Å². The van der Waals surface area contributed by atoms with Crippen molar-refractivity contribution in [1.82, 2.24) is 14.0 Å². The number of piperidine rings is 1. The molecule has 1 aliphatic rings. The van der Waals surface area contributed by atoms with Crippen molar-refractivity contribution in [1.29, 1.82) is 0 Å². The number of nitrogens with zero attached hydrogens (tertiary/aromatic N) is 3. The van der Waals surface area contributed by atoms with Gasteiger partial charge in [0.05, 0.1) is 9.92 Å². The van der Waals surface area contributed by atoms with E-state index in [4.69, 9.17) is 11.6 Å². The van der Waals surface area contributed by atoms with Crippen LogP contribution in [-0.4, -0.2) is 40.7 Å². The minimum atomic E-state index is -3.56. The van der Waals surface area contributed by atoms with Crippen molar-refractivity contribution in [2.45, 2.75) is 24.2 Å². The molecule has 6 nitrogen and oxygen atoms in total. The van der Waals surface area contributed by atoms with Crippen LogP contribution in [0.2, 0.25) is 5.02 Å². The monoisotopic (exact) mass is 391 g/mol. The largest absolute Gasteiger partial charge is 0.426 e. The predicted molar refractivity (Wildman–Crippen MR) is 100.0 cm³/mol. The van der Waals surface area contributed by atoms with E-state index in [-0.39, 0.29) is 10.7 Å². The molecule has 0 spiro atoms. The van der Waals surface area contributed by atoms with E-state index in [2.05, 4.69) is 4.98 Å². The molecule has 3 aromatic rings. The molecular formula is C18H18ClN3O3S. The summed E-state index contributed by atoms with van der Waals surface area (Å²) in [7, 11) is -3.56. The Bertz CT molecular complexity index is 1070. The number of benzene rings is 2. The molecule has 1 saturated heterocycles. The summed E-state index contributed by atoms with van der Waals surface area (Å²) in [6.07, 6.45) is 2.81. The van der Waals surface area contributed by atoms with E-state index in [0.29, 0.717) is 34.7 Å². The van der Waals surface area contributed by atoms with E-state index in [1.807, 2.05) is 0 Å². The van der Waals surface area contributed by atoms with Gasteiger partial charge < -0.3 is 5.21 Å². The summed E-state index contributed by atoms with van der Waals surface area (Å²) in [5, 5.41) is 10.9. The molecule has 1 aliphatic heterocycles. The van der Waals surface area contributed by atoms with Crippen LogP contribution >= 0.6 is 11.6 Å². The number of fused-ring (bicyclic) bond motifs is 1. The minimum absolute atomic E-state index is 0.204. The van der Waals surface area contributed by atoms with Crippen molar-refractivity contribution >= 4 is 32.7 Å². The topological polar surface area (TPSA) is 75.4 Å². The smallest absolute Gasteiger partial charge is 0.243 e. The Morgan fingerprint density at radius 3 is 2.50 bits per heavy atom. The molecule has 2 aromatic carbocycles. The quantitative estimate of drug-likeness (QED) is 0.689. The number of para-hydroxylation sites is 1. The average Bonchev–Trinajstić information content (AvgIpc) is 3.01. The van der Waals surface area contributed by atoms with E-state index >= 15 is 0 Å². The Hall–Kier alpha value is -2.09. The van der Waals surface area contributed by atoms with Crippen molar-refractivity contribution in [3.8, 4) is 11.4 Å². The number of rotatable bonds is 3. The van der Waals surface area contributed by atoms with E-state index in [0.717, 1.165) is 24.0 Å². The lowest BCUT2D eigenvalue weighted by atomic mass is 10.2. The van der Waals surface area contributed by atoms with Crippen LogP contribution < -0.4 is 0 Å². The highest BCUT2D eigenvalue weighted by molar-refractivity contribution is 7.89. The van der Waals surface area contributed by atoms with Crippen LogP contribution in [0.3, 0.4) is 0 Å². The first-order valence-corrected chi connectivity index (χ1v) is 10.3. The second-order valence-corrected chi connectivity index (χ2v) is 8.69. The van der Waals surface area contributed by atoms with Crippen LogP contribution in [0.4, 0.5) is 0 Å². The lowest BCUT2D eigenvalue weighted by Crippen LogP contribution is -2.35. The molecule has 4 rings (SSSR count). The Morgan fingerprint density at radius 2 is 1.77 bits per heavy atom. The maximum atomic E-state index is 12.9. The third-order valence-corrected chi connectivity index (χ3v) is 6.86. The molecule has 2 heterocycles. The molecule has 1 fully saturated rings. The molecule has 1 N–H and O–H groups in total. The zero-order valence-corrected chi connectivity index (χ0v) is 15.5. The van der Waals surface area contributed by atoms with Gasteiger partial charge in [0.15, 0.2) is 5.82 Å². The predicted octanol–water partition coefficient (Wildman–Crippen LogP) is 3.77. The summed E-state index contributed by atoms with van der Waals surface area (Å²) in [6, 6.07) is 11.6. The van der Waals surface area contributed by atoms with Gasteiger partial charge in [-0.3, -0.25) is 0 Å². The second kappa shape index (κ2) is 6.57. The average molecular weight is 392 g/mol. The number of hydrogen-bond acceptors (Lipinski definition) is 4. The maximum absolute atomic E-state index is 12.9. The first-order chi connectivity index (χ1) is 12.5. The molecule has 0 atom stereocenters. The molecule has 0 bridgehead atoms. The SMILES string of the molecule is O=S(=O)(c1cccc(-c2nc3c(Cl)cccc3n2O)c1)N1CCCCC1. The number of halogens is 1. The van der Waals surface area contributed by atoms with E-state index < -0.39 is 10.0 Å². The van der Waals surface area contributed by atoms with Gasteiger partial charge in [-0.05, 0) is 37.1 Å². The molecule has 0 amide bonds. The molecule has 0 aliphatic carbocycles. The highest BCUT2D eigenvalue weighted by Gasteiger charge is 2.26. The summed E-state index contributed by atoms with van der Waals surface area (Å²) in [5.41, 5.74) is 1.45. The summed E-state index contributed by atoms with van der Waals surface area (Å²) in [6.45, 7) is 1.08. The Kier molecular flexibility index (Phi) is 4.38. The van der Waals surface area contributed by atoms with Gasteiger partial charge in [-0.1, -0.05) is 36.2 Å². The number of imidazole rings is 1. The molecule has 0 saturated carbocycles. The van der Waals surface area contributed by atoms with Crippen molar-refractivity contribution in [2.75, 3.05) is 13.1 Å². The van der Waals surface area contributed by atoms with Crippen LogP contribution in [0.15, 0.2) is 47.4 Å². The van der Waals surface area contributed by atoms with E-state index in [1.54, 1.807) is 42.5 Å². The number of sulfonamides is 1. The molecule has 26 heavy (non-hydrogen) atoms. The van der Waals surface area contributed by atoms with Crippen LogP contribution in [0.5, 0.6) is 0 Å². The third-order valence-electron chi connectivity index (χ3n) is 4.66. The summed E-state index contributed by atoms with van der Waals surface area (Å²) in [4.78, 5) is 4.59. The fraction of sp³-hybridized carbons (Fsp3) is 0.278. The molecule has 0 radical (unpaired) electrons.